The van der Waals surface area contributed by atoms with Gasteiger partial charge in [-0.1, -0.05) is 11.6 Å². The number of aliphatic imine (C=N–C) groups is 1. The number of amides is 1. The summed E-state index contributed by atoms with van der Waals surface area (Å²) in [7, 11) is 0. The van der Waals surface area contributed by atoms with Gasteiger partial charge < -0.3 is 4.74 Å². The first-order valence-electron chi connectivity index (χ1n) is 7.85. The van der Waals surface area contributed by atoms with Gasteiger partial charge in [0.15, 0.2) is 0 Å². The molecule has 1 fully saturated rings. The number of ether oxygens (including phenoxy) is 1. The van der Waals surface area contributed by atoms with E-state index >= 15 is 0 Å². The Hall–Kier alpha value is -1.92. The molecule has 0 radical (unpaired) electrons. The molecular weight excluding hydrogens is 280 g/mol. The number of carbonyl (C=O) groups is 1. The first kappa shape index (κ1) is 13.7. The SMILES string of the molecule is Cc1ccc2c(c1)C(=O)N1CCCN=C1N2N1CCOCC1. The lowest BCUT2D eigenvalue weighted by molar-refractivity contribution is 0.0366. The number of carbonyl (C=O) groups excluding carboxylic acids is 1. The lowest BCUT2D eigenvalue weighted by Crippen LogP contribution is -2.61. The molecule has 1 amide bonds. The van der Waals surface area contributed by atoms with Gasteiger partial charge in [0.25, 0.3) is 5.91 Å². The summed E-state index contributed by atoms with van der Waals surface area (Å²) in [6.07, 6.45) is 0.924. The summed E-state index contributed by atoms with van der Waals surface area (Å²) >= 11 is 0. The summed E-state index contributed by atoms with van der Waals surface area (Å²) < 4.78 is 5.47. The third kappa shape index (κ3) is 2.10. The van der Waals surface area contributed by atoms with Gasteiger partial charge in [0.1, 0.15) is 0 Å². The summed E-state index contributed by atoms with van der Waals surface area (Å²) in [6.45, 7) is 6.58. The Bertz CT molecular complexity index is 637. The van der Waals surface area contributed by atoms with Crippen molar-refractivity contribution >= 4 is 17.6 Å². The lowest BCUT2D eigenvalue weighted by Gasteiger charge is -2.46. The van der Waals surface area contributed by atoms with Crippen molar-refractivity contribution in [3.63, 3.8) is 0 Å². The van der Waals surface area contributed by atoms with Gasteiger partial charge in [0.2, 0.25) is 5.96 Å². The second kappa shape index (κ2) is 5.37. The molecule has 0 bridgehead atoms. The molecule has 0 spiro atoms. The van der Waals surface area contributed by atoms with Gasteiger partial charge in [0.05, 0.1) is 24.5 Å². The van der Waals surface area contributed by atoms with E-state index in [2.05, 4.69) is 21.1 Å². The molecule has 116 valence electrons. The quantitative estimate of drug-likeness (QED) is 0.783. The van der Waals surface area contributed by atoms with Crippen molar-refractivity contribution < 1.29 is 9.53 Å². The number of anilines is 1. The zero-order chi connectivity index (χ0) is 15.1. The van der Waals surface area contributed by atoms with Gasteiger partial charge in [-0.05, 0) is 25.5 Å². The van der Waals surface area contributed by atoms with Crippen molar-refractivity contribution in [2.75, 3.05) is 44.4 Å². The normalized spacial score (nSPS) is 22.2. The van der Waals surface area contributed by atoms with Crippen LogP contribution in [0.1, 0.15) is 22.3 Å². The van der Waals surface area contributed by atoms with Crippen molar-refractivity contribution in [2.24, 2.45) is 4.99 Å². The molecule has 3 aliphatic rings. The molecule has 6 nitrogen and oxygen atoms in total. The summed E-state index contributed by atoms with van der Waals surface area (Å²) in [5.41, 5.74) is 2.81. The Kier molecular flexibility index (Phi) is 3.35. The summed E-state index contributed by atoms with van der Waals surface area (Å²) in [5.74, 6) is 0.844. The standard InChI is InChI=1S/C16H20N4O2/c1-12-3-4-14-13(11-12)15(21)19-6-2-5-17-16(19)20(14)18-7-9-22-10-8-18/h3-4,11H,2,5-10H2,1H3. The fourth-order valence-electron chi connectivity index (χ4n) is 3.26. The predicted octanol–water partition coefficient (Wildman–Crippen LogP) is 1.26. The number of rotatable bonds is 1. The molecule has 1 saturated heterocycles. The van der Waals surface area contributed by atoms with Crippen LogP contribution < -0.4 is 5.01 Å². The number of hydrogen-bond acceptors (Lipinski definition) is 5. The van der Waals surface area contributed by atoms with Crippen molar-refractivity contribution in [1.29, 1.82) is 0 Å². The van der Waals surface area contributed by atoms with E-state index in [9.17, 15) is 4.79 Å². The van der Waals surface area contributed by atoms with E-state index in [-0.39, 0.29) is 5.91 Å². The minimum atomic E-state index is 0.0710. The van der Waals surface area contributed by atoms with Crippen LogP contribution in [0.4, 0.5) is 5.69 Å². The van der Waals surface area contributed by atoms with Gasteiger partial charge in [-0.2, -0.15) is 0 Å². The van der Waals surface area contributed by atoms with Crippen molar-refractivity contribution in [1.82, 2.24) is 9.91 Å². The Morgan fingerprint density at radius 3 is 2.82 bits per heavy atom. The number of fused-ring (bicyclic) bond motifs is 2. The molecule has 3 heterocycles. The number of benzene rings is 1. The van der Waals surface area contributed by atoms with Crippen molar-refractivity contribution in [3.8, 4) is 0 Å². The van der Waals surface area contributed by atoms with Crippen LogP contribution in [-0.4, -0.2) is 61.2 Å². The van der Waals surface area contributed by atoms with E-state index in [4.69, 9.17) is 4.74 Å². The minimum absolute atomic E-state index is 0.0710. The molecule has 6 heteroatoms. The monoisotopic (exact) mass is 300 g/mol. The van der Waals surface area contributed by atoms with Crippen LogP contribution in [0.2, 0.25) is 0 Å². The van der Waals surface area contributed by atoms with E-state index in [1.807, 2.05) is 24.0 Å². The number of hydrazine groups is 1. The van der Waals surface area contributed by atoms with Crippen LogP contribution in [0.25, 0.3) is 0 Å². The van der Waals surface area contributed by atoms with E-state index in [1.165, 1.54) is 0 Å². The third-order valence-corrected chi connectivity index (χ3v) is 4.35. The van der Waals surface area contributed by atoms with E-state index in [0.717, 1.165) is 55.4 Å². The smallest absolute Gasteiger partial charge is 0.262 e. The van der Waals surface area contributed by atoms with Gasteiger partial charge in [0, 0.05) is 26.2 Å². The summed E-state index contributed by atoms with van der Waals surface area (Å²) in [4.78, 5) is 19.3. The maximum absolute atomic E-state index is 12.8. The lowest BCUT2D eigenvalue weighted by atomic mass is 10.0. The highest BCUT2D eigenvalue weighted by atomic mass is 16.5. The van der Waals surface area contributed by atoms with E-state index < -0.39 is 0 Å². The number of guanidine groups is 1. The van der Waals surface area contributed by atoms with Crippen molar-refractivity contribution in [2.45, 2.75) is 13.3 Å². The van der Waals surface area contributed by atoms with E-state index in [0.29, 0.717) is 13.2 Å². The average molecular weight is 300 g/mol. The topological polar surface area (TPSA) is 48.4 Å². The fraction of sp³-hybridized carbons (Fsp3) is 0.500. The molecule has 0 saturated carbocycles. The zero-order valence-corrected chi connectivity index (χ0v) is 12.8. The first-order valence-corrected chi connectivity index (χ1v) is 7.85. The summed E-state index contributed by atoms with van der Waals surface area (Å²) in [5, 5.41) is 4.36. The zero-order valence-electron chi connectivity index (χ0n) is 12.8. The second-order valence-corrected chi connectivity index (χ2v) is 5.89. The Morgan fingerprint density at radius 1 is 1.18 bits per heavy atom. The maximum Gasteiger partial charge on any atom is 0.262 e. The molecular formula is C16H20N4O2. The maximum atomic E-state index is 12.8. The minimum Gasteiger partial charge on any atom is -0.379 e. The number of nitrogens with zero attached hydrogens (tertiary/aromatic N) is 4. The van der Waals surface area contributed by atoms with Crippen LogP contribution in [0.3, 0.4) is 0 Å². The number of hydrogen-bond donors (Lipinski definition) is 0. The molecule has 0 aromatic heterocycles. The Balaban J connectivity index is 1.84. The first-order chi connectivity index (χ1) is 10.8. The van der Waals surface area contributed by atoms with Crippen LogP contribution in [0.15, 0.2) is 23.2 Å². The molecule has 3 aliphatic heterocycles. The van der Waals surface area contributed by atoms with Crippen LogP contribution in [0, 0.1) is 6.92 Å². The van der Waals surface area contributed by atoms with Gasteiger partial charge in [-0.15, -0.1) is 0 Å². The Labute approximate surface area is 129 Å². The van der Waals surface area contributed by atoms with Gasteiger partial charge >= 0.3 is 0 Å². The molecule has 0 aliphatic carbocycles. The van der Waals surface area contributed by atoms with Crippen LogP contribution in [0.5, 0.6) is 0 Å². The highest BCUT2D eigenvalue weighted by molar-refractivity contribution is 6.18. The molecule has 1 aromatic rings. The summed E-state index contributed by atoms with van der Waals surface area (Å²) in [6, 6.07) is 6.07. The number of morpholine rings is 1. The van der Waals surface area contributed by atoms with E-state index in [1.54, 1.807) is 0 Å². The molecule has 0 atom stereocenters. The molecule has 0 unspecified atom stereocenters. The molecule has 0 N–H and O–H groups in total. The largest absolute Gasteiger partial charge is 0.379 e. The van der Waals surface area contributed by atoms with Crippen molar-refractivity contribution in [3.05, 3.63) is 29.3 Å². The van der Waals surface area contributed by atoms with Crippen LogP contribution in [-0.2, 0) is 4.74 Å². The predicted molar refractivity (Wildman–Crippen MR) is 84.0 cm³/mol. The highest BCUT2D eigenvalue weighted by Gasteiger charge is 2.39. The molecule has 22 heavy (non-hydrogen) atoms. The van der Waals surface area contributed by atoms with Crippen LogP contribution >= 0.6 is 0 Å². The number of aryl methyl sites for hydroxylation is 1. The second-order valence-electron chi connectivity index (χ2n) is 5.89. The molecule has 1 aromatic carbocycles. The third-order valence-electron chi connectivity index (χ3n) is 4.35. The van der Waals surface area contributed by atoms with Gasteiger partial charge in [-0.3, -0.25) is 14.7 Å². The fourth-order valence-corrected chi connectivity index (χ4v) is 3.26. The van der Waals surface area contributed by atoms with Gasteiger partial charge in [-0.25, -0.2) is 10.0 Å². The average Bonchev–Trinajstić information content (AvgIpc) is 2.57. The Morgan fingerprint density at radius 2 is 2.00 bits per heavy atom. The molecule has 4 rings (SSSR count). The highest BCUT2D eigenvalue weighted by Crippen LogP contribution is 2.32.